The Kier molecular flexibility index (Phi) is 5.68. The lowest BCUT2D eigenvalue weighted by atomic mass is 9.91. The molecule has 0 N–H and O–H groups in total. The number of nitrogens with zero attached hydrogens (tertiary/aromatic N) is 1. The number of methoxy groups -OCH3 is 5. The molecule has 0 amide bonds. The molecule has 0 aromatic heterocycles. The van der Waals surface area contributed by atoms with E-state index in [0.717, 1.165) is 0 Å². The fraction of sp³-hybridized carbons (Fsp3) is 0.438. The minimum Gasteiger partial charge on any atom is -0.496 e. The van der Waals surface area contributed by atoms with Gasteiger partial charge in [0.15, 0.2) is 5.92 Å². The number of carbonyl (C=O) groups excluding carboxylic acids is 2. The maximum atomic E-state index is 12.3. The van der Waals surface area contributed by atoms with E-state index in [0.29, 0.717) is 22.8 Å². The molecule has 1 aromatic rings. The zero-order valence-corrected chi connectivity index (χ0v) is 14.5. The van der Waals surface area contributed by atoms with Gasteiger partial charge in [-0.2, -0.15) is 0 Å². The van der Waals surface area contributed by atoms with Gasteiger partial charge < -0.3 is 28.5 Å². The summed E-state index contributed by atoms with van der Waals surface area (Å²) in [4.78, 5) is 29.3. The molecule has 0 fully saturated rings. The zero-order valence-electron chi connectivity index (χ0n) is 14.5. The second-order valence-corrected chi connectivity index (χ2v) is 4.93. The van der Waals surface area contributed by atoms with E-state index in [4.69, 9.17) is 23.8 Å². The molecular formula is C16H19NO8. The maximum absolute atomic E-state index is 12.3. The fourth-order valence-corrected chi connectivity index (χ4v) is 2.49. The molecule has 0 aliphatic carbocycles. The number of rotatable bonds is 6. The fourth-order valence-electron chi connectivity index (χ4n) is 2.49. The van der Waals surface area contributed by atoms with Gasteiger partial charge in [-0.05, 0) is 0 Å². The van der Waals surface area contributed by atoms with Gasteiger partial charge in [0.1, 0.15) is 23.0 Å². The van der Waals surface area contributed by atoms with Crippen LogP contribution in [0, 0.1) is 5.92 Å². The summed E-state index contributed by atoms with van der Waals surface area (Å²) >= 11 is 0. The van der Waals surface area contributed by atoms with Crippen LogP contribution in [0.5, 0.6) is 17.2 Å². The van der Waals surface area contributed by atoms with Gasteiger partial charge in [0, 0.05) is 12.1 Å². The molecule has 0 saturated heterocycles. The highest BCUT2D eigenvalue weighted by molar-refractivity contribution is 6.17. The van der Waals surface area contributed by atoms with Crippen molar-refractivity contribution in [3.8, 4) is 17.2 Å². The maximum Gasteiger partial charge on any atom is 0.351 e. The number of carbonyl (C=O) groups is 2. The molecule has 1 aliphatic heterocycles. The van der Waals surface area contributed by atoms with E-state index in [1.54, 1.807) is 12.1 Å². The third-order valence-electron chi connectivity index (χ3n) is 3.72. The number of hydrogen-bond donors (Lipinski definition) is 0. The summed E-state index contributed by atoms with van der Waals surface area (Å²) < 4.78 is 25.4. The lowest BCUT2D eigenvalue weighted by Gasteiger charge is -2.18. The van der Waals surface area contributed by atoms with Gasteiger partial charge in [0.2, 0.25) is 6.10 Å². The van der Waals surface area contributed by atoms with E-state index in [9.17, 15) is 9.59 Å². The number of ether oxygens (including phenoxy) is 5. The molecule has 9 heteroatoms. The van der Waals surface area contributed by atoms with Crippen LogP contribution in [0.1, 0.15) is 5.56 Å². The molecule has 9 nitrogen and oxygen atoms in total. The molecule has 1 heterocycles. The Morgan fingerprint density at radius 1 is 0.920 bits per heavy atom. The predicted octanol–water partition coefficient (Wildman–Crippen LogP) is 0.777. The van der Waals surface area contributed by atoms with Gasteiger partial charge in [-0.1, -0.05) is 5.16 Å². The number of benzene rings is 1. The molecule has 0 saturated carbocycles. The van der Waals surface area contributed by atoms with Crippen molar-refractivity contribution >= 4 is 17.7 Å². The minimum absolute atomic E-state index is 0.138. The van der Waals surface area contributed by atoms with Crippen molar-refractivity contribution in [3.63, 3.8) is 0 Å². The van der Waals surface area contributed by atoms with Crippen LogP contribution >= 0.6 is 0 Å². The average Bonchev–Trinajstić information content (AvgIpc) is 3.09. The molecule has 25 heavy (non-hydrogen) atoms. The Morgan fingerprint density at radius 2 is 1.48 bits per heavy atom. The molecule has 1 aromatic carbocycles. The highest BCUT2D eigenvalue weighted by Crippen LogP contribution is 2.39. The third-order valence-corrected chi connectivity index (χ3v) is 3.72. The van der Waals surface area contributed by atoms with E-state index in [-0.39, 0.29) is 5.71 Å². The first-order valence-electron chi connectivity index (χ1n) is 7.22. The summed E-state index contributed by atoms with van der Waals surface area (Å²) in [5.74, 6) is -1.44. The monoisotopic (exact) mass is 353 g/mol. The van der Waals surface area contributed by atoms with E-state index < -0.39 is 24.0 Å². The Morgan fingerprint density at radius 3 is 1.92 bits per heavy atom. The van der Waals surface area contributed by atoms with Crippen LogP contribution in [0.3, 0.4) is 0 Å². The summed E-state index contributed by atoms with van der Waals surface area (Å²) in [6, 6.07) is 3.19. The summed E-state index contributed by atoms with van der Waals surface area (Å²) in [7, 11) is 6.77. The summed E-state index contributed by atoms with van der Waals surface area (Å²) in [6.45, 7) is 0. The lowest BCUT2D eigenvalue weighted by Crippen LogP contribution is -2.38. The smallest absolute Gasteiger partial charge is 0.351 e. The second kappa shape index (κ2) is 7.73. The highest BCUT2D eigenvalue weighted by Gasteiger charge is 2.48. The average molecular weight is 353 g/mol. The molecule has 0 bridgehead atoms. The van der Waals surface area contributed by atoms with Crippen LogP contribution in [0.2, 0.25) is 0 Å². The molecule has 2 rings (SSSR count). The van der Waals surface area contributed by atoms with Crippen molar-refractivity contribution in [1.82, 2.24) is 0 Å². The predicted molar refractivity (Wildman–Crippen MR) is 85.0 cm³/mol. The molecule has 1 aliphatic rings. The van der Waals surface area contributed by atoms with E-state index in [2.05, 4.69) is 9.89 Å². The first-order valence-corrected chi connectivity index (χ1v) is 7.22. The molecule has 0 spiro atoms. The van der Waals surface area contributed by atoms with Gasteiger partial charge in [-0.15, -0.1) is 0 Å². The van der Waals surface area contributed by atoms with Gasteiger partial charge >= 0.3 is 11.9 Å². The number of esters is 2. The summed E-state index contributed by atoms with van der Waals surface area (Å²) in [5, 5.41) is 3.89. The van der Waals surface area contributed by atoms with E-state index in [1.165, 1.54) is 35.5 Å². The first-order chi connectivity index (χ1) is 12.0. The van der Waals surface area contributed by atoms with Crippen molar-refractivity contribution in [1.29, 1.82) is 0 Å². The van der Waals surface area contributed by atoms with Crippen molar-refractivity contribution in [3.05, 3.63) is 17.7 Å². The molecule has 0 radical (unpaired) electrons. The normalized spacial score (nSPS) is 18.7. The Bertz CT molecular complexity index is 674. The Hall–Kier alpha value is -2.97. The van der Waals surface area contributed by atoms with Crippen LogP contribution in [0.25, 0.3) is 0 Å². The van der Waals surface area contributed by atoms with Crippen LogP contribution in [0.4, 0.5) is 0 Å². The summed E-state index contributed by atoms with van der Waals surface area (Å²) in [6.07, 6.45) is -1.26. The van der Waals surface area contributed by atoms with E-state index in [1.807, 2.05) is 0 Å². The molecule has 2 atom stereocenters. The van der Waals surface area contributed by atoms with E-state index >= 15 is 0 Å². The Labute approximate surface area is 144 Å². The molecule has 0 unspecified atom stereocenters. The van der Waals surface area contributed by atoms with Gasteiger partial charge in [0.05, 0.1) is 41.1 Å². The lowest BCUT2D eigenvalue weighted by molar-refractivity contribution is -0.161. The van der Waals surface area contributed by atoms with Crippen molar-refractivity contribution in [2.75, 3.05) is 35.5 Å². The number of oxime groups is 1. The third kappa shape index (κ3) is 3.30. The standard InChI is InChI=1S/C16H19NO8/c1-20-8-6-9(21-2)11(10(7-8)22-3)13-12(15(18)23-4)14(25-17-13)16(19)24-5/h6-7,12,14H,1-5H3/t12-,14+/m0/s1. The molecular weight excluding hydrogens is 334 g/mol. The number of hydrogen-bond acceptors (Lipinski definition) is 9. The first kappa shape index (κ1) is 18.4. The van der Waals surface area contributed by atoms with Crippen molar-refractivity contribution in [2.45, 2.75) is 6.10 Å². The van der Waals surface area contributed by atoms with Gasteiger partial charge in [-0.3, -0.25) is 4.79 Å². The van der Waals surface area contributed by atoms with Crippen LogP contribution in [0.15, 0.2) is 17.3 Å². The molecule has 136 valence electrons. The zero-order chi connectivity index (χ0) is 18.6. The van der Waals surface area contributed by atoms with Crippen LogP contribution in [-0.2, 0) is 23.9 Å². The van der Waals surface area contributed by atoms with Crippen molar-refractivity contribution < 1.29 is 38.1 Å². The topological polar surface area (TPSA) is 102 Å². The minimum atomic E-state index is -1.26. The highest BCUT2D eigenvalue weighted by atomic mass is 16.7. The van der Waals surface area contributed by atoms with Gasteiger partial charge in [0.25, 0.3) is 0 Å². The summed E-state index contributed by atoms with van der Waals surface area (Å²) in [5.41, 5.74) is 0.492. The Balaban J connectivity index is 2.59. The van der Waals surface area contributed by atoms with Crippen molar-refractivity contribution in [2.24, 2.45) is 11.1 Å². The second-order valence-electron chi connectivity index (χ2n) is 4.93. The quantitative estimate of drug-likeness (QED) is 0.691. The largest absolute Gasteiger partial charge is 0.496 e. The van der Waals surface area contributed by atoms with Crippen LogP contribution < -0.4 is 14.2 Å². The van der Waals surface area contributed by atoms with Gasteiger partial charge in [-0.25, -0.2) is 4.79 Å². The van der Waals surface area contributed by atoms with Crippen LogP contribution in [-0.4, -0.2) is 59.3 Å². The SMILES string of the molecule is COC(=O)[C@H]1C(c2c(OC)cc(OC)cc2OC)=NO[C@H]1C(=O)OC.